The lowest BCUT2D eigenvalue weighted by molar-refractivity contribution is -0.114. The lowest BCUT2D eigenvalue weighted by Crippen LogP contribution is -2.08. The van der Waals surface area contributed by atoms with E-state index in [0.29, 0.717) is 6.42 Å². The summed E-state index contributed by atoms with van der Waals surface area (Å²) in [6.07, 6.45) is 1.47. The monoisotopic (exact) mass is 271 g/mol. The summed E-state index contributed by atoms with van der Waals surface area (Å²) in [6.45, 7) is 1.65. The van der Waals surface area contributed by atoms with Gasteiger partial charge in [0.15, 0.2) is 0 Å². The van der Waals surface area contributed by atoms with E-state index in [1.54, 1.807) is 0 Å². The minimum atomic E-state index is -0.0849. The zero-order chi connectivity index (χ0) is 11.3. The number of anilines is 1. The Morgan fingerprint density at radius 1 is 1.53 bits per heavy atom. The lowest BCUT2D eigenvalue weighted by atomic mass is 10.1. The molecule has 0 aliphatic carbocycles. The Morgan fingerprint density at radius 2 is 2.27 bits per heavy atom. The van der Waals surface area contributed by atoms with Crippen molar-refractivity contribution in [3.63, 3.8) is 0 Å². The van der Waals surface area contributed by atoms with Crippen molar-refractivity contribution in [1.82, 2.24) is 0 Å². The minimum absolute atomic E-state index is 0.0849. The number of halogens is 1. The first-order valence-corrected chi connectivity index (χ1v) is 5.59. The number of aliphatic hydroxyl groups excluding tert-OH is 1. The minimum Gasteiger partial charge on any atom is -0.396 e. The number of hydrogen-bond acceptors (Lipinski definition) is 2. The molecule has 0 fully saturated rings. The van der Waals surface area contributed by atoms with Crippen molar-refractivity contribution in [3.05, 3.63) is 28.2 Å². The number of rotatable bonds is 4. The lowest BCUT2D eigenvalue weighted by Gasteiger charge is -2.09. The highest BCUT2D eigenvalue weighted by Gasteiger charge is 2.04. The van der Waals surface area contributed by atoms with Gasteiger partial charge < -0.3 is 10.4 Å². The van der Waals surface area contributed by atoms with E-state index >= 15 is 0 Å². The van der Waals surface area contributed by atoms with Crippen LogP contribution in [-0.2, 0) is 11.2 Å². The Balaban J connectivity index is 2.87. The van der Waals surface area contributed by atoms with Crippen LogP contribution >= 0.6 is 15.9 Å². The molecule has 0 heterocycles. The van der Waals surface area contributed by atoms with E-state index in [9.17, 15) is 4.79 Å². The number of carbonyl (C=O) groups excluding carboxylic acids is 1. The van der Waals surface area contributed by atoms with Gasteiger partial charge in [0, 0.05) is 23.7 Å². The van der Waals surface area contributed by atoms with Gasteiger partial charge in [0.25, 0.3) is 0 Å². The predicted octanol–water partition coefficient (Wildman–Crippen LogP) is 2.33. The van der Waals surface area contributed by atoms with Crippen LogP contribution in [0.25, 0.3) is 0 Å². The van der Waals surface area contributed by atoms with E-state index in [1.807, 2.05) is 18.2 Å². The fourth-order valence-electron chi connectivity index (χ4n) is 1.34. The van der Waals surface area contributed by atoms with Gasteiger partial charge in [-0.15, -0.1) is 0 Å². The first-order valence-electron chi connectivity index (χ1n) is 4.80. The van der Waals surface area contributed by atoms with Crippen LogP contribution in [0.5, 0.6) is 0 Å². The van der Waals surface area contributed by atoms with Crippen LogP contribution in [0, 0.1) is 0 Å². The van der Waals surface area contributed by atoms with Gasteiger partial charge in [-0.25, -0.2) is 0 Å². The van der Waals surface area contributed by atoms with Crippen LogP contribution in [0.3, 0.4) is 0 Å². The molecule has 0 unspecified atom stereocenters. The molecule has 0 spiro atoms. The Hall–Kier alpha value is -0.870. The van der Waals surface area contributed by atoms with E-state index in [4.69, 9.17) is 5.11 Å². The van der Waals surface area contributed by atoms with Crippen molar-refractivity contribution in [2.24, 2.45) is 0 Å². The second kappa shape index (κ2) is 5.88. The molecule has 1 rings (SSSR count). The number of carbonyl (C=O) groups is 1. The Bertz CT molecular complexity index is 352. The first kappa shape index (κ1) is 12.2. The van der Waals surface area contributed by atoms with Gasteiger partial charge in [0.1, 0.15) is 0 Å². The maximum atomic E-state index is 11.0. The molecular weight excluding hydrogens is 258 g/mol. The normalized spacial score (nSPS) is 10.1. The second-order valence-corrected chi connectivity index (χ2v) is 4.23. The highest BCUT2D eigenvalue weighted by atomic mass is 79.9. The van der Waals surface area contributed by atoms with E-state index in [0.717, 1.165) is 22.1 Å². The van der Waals surface area contributed by atoms with Crippen molar-refractivity contribution in [3.8, 4) is 0 Å². The molecule has 0 atom stereocenters. The standard InChI is InChI=1S/C11H14BrNO2/c1-8(15)13-11-7-10(12)5-4-9(11)3-2-6-14/h4-5,7,14H,2-3,6H2,1H3,(H,13,15). The SMILES string of the molecule is CC(=O)Nc1cc(Br)ccc1CCCO. The summed E-state index contributed by atoms with van der Waals surface area (Å²) in [5.74, 6) is -0.0849. The average molecular weight is 272 g/mol. The molecule has 15 heavy (non-hydrogen) atoms. The third-order valence-corrected chi connectivity index (χ3v) is 2.48. The summed E-state index contributed by atoms with van der Waals surface area (Å²) in [7, 11) is 0. The smallest absolute Gasteiger partial charge is 0.221 e. The van der Waals surface area contributed by atoms with Crippen molar-refractivity contribution < 1.29 is 9.90 Å². The largest absolute Gasteiger partial charge is 0.396 e. The predicted molar refractivity (Wildman–Crippen MR) is 63.9 cm³/mol. The summed E-state index contributed by atoms with van der Waals surface area (Å²) >= 11 is 3.35. The second-order valence-electron chi connectivity index (χ2n) is 3.31. The van der Waals surface area contributed by atoms with Crippen molar-refractivity contribution in [2.75, 3.05) is 11.9 Å². The number of nitrogens with one attached hydrogen (secondary N) is 1. The van der Waals surface area contributed by atoms with Crippen LogP contribution in [0.4, 0.5) is 5.69 Å². The number of aryl methyl sites for hydroxylation is 1. The average Bonchev–Trinajstić information content (AvgIpc) is 2.16. The van der Waals surface area contributed by atoms with Gasteiger partial charge in [-0.05, 0) is 30.5 Å². The van der Waals surface area contributed by atoms with Crippen LogP contribution in [0.2, 0.25) is 0 Å². The van der Waals surface area contributed by atoms with Gasteiger partial charge in [0.05, 0.1) is 0 Å². The third-order valence-electron chi connectivity index (χ3n) is 1.99. The fourth-order valence-corrected chi connectivity index (χ4v) is 1.70. The van der Waals surface area contributed by atoms with Gasteiger partial charge >= 0.3 is 0 Å². The van der Waals surface area contributed by atoms with Crippen molar-refractivity contribution in [1.29, 1.82) is 0 Å². The molecule has 82 valence electrons. The zero-order valence-corrected chi connectivity index (χ0v) is 10.2. The number of hydrogen-bond donors (Lipinski definition) is 2. The topological polar surface area (TPSA) is 49.3 Å². The maximum absolute atomic E-state index is 11.0. The van der Waals surface area contributed by atoms with Crippen LogP contribution in [0.15, 0.2) is 22.7 Å². The molecule has 1 amide bonds. The molecule has 0 radical (unpaired) electrons. The van der Waals surface area contributed by atoms with Crippen molar-refractivity contribution in [2.45, 2.75) is 19.8 Å². The molecule has 0 aromatic heterocycles. The van der Waals surface area contributed by atoms with E-state index < -0.39 is 0 Å². The quantitative estimate of drug-likeness (QED) is 0.883. The third kappa shape index (κ3) is 4.01. The van der Waals surface area contributed by atoms with Crippen LogP contribution in [-0.4, -0.2) is 17.6 Å². The van der Waals surface area contributed by atoms with Crippen LogP contribution < -0.4 is 5.32 Å². The molecule has 0 bridgehead atoms. The van der Waals surface area contributed by atoms with Gasteiger partial charge in [0.2, 0.25) is 5.91 Å². The fraction of sp³-hybridized carbons (Fsp3) is 0.364. The zero-order valence-electron chi connectivity index (χ0n) is 8.59. The highest BCUT2D eigenvalue weighted by Crippen LogP contribution is 2.22. The van der Waals surface area contributed by atoms with Crippen LogP contribution in [0.1, 0.15) is 18.9 Å². The molecule has 0 saturated carbocycles. The number of amides is 1. The molecule has 3 nitrogen and oxygen atoms in total. The highest BCUT2D eigenvalue weighted by molar-refractivity contribution is 9.10. The first-order chi connectivity index (χ1) is 7.13. The van der Waals surface area contributed by atoms with E-state index in [1.165, 1.54) is 6.92 Å². The molecule has 0 saturated heterocycles. The summed E-state index contributed by atoms with van der Waals surface area (Å²) in [5.41, 5.74) is 1.85. The maximum Gasteiger partial charge on any atom is 0.221 e. The Morgan fingerprint density at radius 3 is 2.87 bits per heavy atom. The Kier molecular flexibility index (Phi) is 4.78. The van der Waals surface area contributed by atoms with Gasteiger partial charge in [-0.2, -0.15) is 0 Å². The summed E-state index contributed by atoms with van der Waals surface area (Å²) < 4.78 is 0.930. The van der Waals surface area contributed by atoms with E-state index in [2.05, 4.69) is 21.2 Å². The molecular formula is C11H14BrNO2. The van der Waals surface area contributed by atoms with E-state index in [-0.39, 0.29) is 12.5 Å². The van der Waals surface area contributed by atoms with Crippen molar-refractivity contribution >= 4 is 27.5 Å². The molecule has 1 aromatic carbocycles. The summed E-state index contributed by atoms with van der Waals surface area (Å²) in [6, 6.07) is 5.75. The molecule has 2 N–H and O–H groups in total. The molecule has 0 aliphatic heterocycles. The summed E-state index contributed by atoms with van der Waals surface area (Å²) in [4.78, 5) is 11.0. The summed E-state index contributed by atoms with van der Waals surface area (Å²) in [5, 5.41) is 11.5. The molecule has 4 heteroatoms. The van der Waals surface area contributed by atoms with Gasteiger partial charge in [-0.1, -0.05) is 22.0 Å². The molecule has 0 aliphatic rings. The number of aliphatic hydroxyl groups is 1. The van der Waals surface area contributed by atoms with Gasteiger partial charge in [-0.3, -0.25) is 4.79 Å². The Labute approximate surface area is 97.6 Å². The molecule has 1 aromatic rings. The number of benzene rings is 1.